The Morgan fingerprint density at radius 1 is 1.07 bits per heavy atom. The fraction of sp³-hybridized carbons (Fsp3) is 0.250. The number of aromatic carboxylic acids is 1. The second kappa shape index (κ2) is 7.38. The van der Waals surface area contributed by atoms with Gasteiger partial charge < -0.3 is 9.84 Å². The van der Waals surface area contributed by atoms with E-state index in [-0.39, 0.29) is 11.4 Å². The second-order valence-electron chi connectivity index (χ2n) is 6.42. The van der Waals surface area contributed by atoms with Gasteiger partial charge in [0.05, 0.1) is 41.2 Å². The van der Waals surface area contributed by atoms with Gasteiger partial charge in [-0.15, -0.1) is 0 Å². The van der Waals surface area contributed by atoms with Crippen LogP contribution >= 0.6 is 0 Å². The van der Waals surface area contributed by atoms with Crippen molar-refractivity contribution in [1.29, 1.82) is 0 Å². The highest BCUT2D eigenvalue weighted by Crippen LogP contribution is 2.25. The third kappa shape index (κ3) is 3.79. The number of carboxylic acids is 1. The van der Waals surface area contributed by atoms with Gasteiger partial charge in [-0.1, -0.05) is 0 Å². The summed E-state index contributed by atoms with van der Waals surface area (Å²) in [5.41, 5.74) is 3.45. The summed E-state index contributed by atoms with van der Waals surface area (Å²) in [7, 11) is 0. The first-order valence-corrected chi connectivity index (χ1v) is 8.70. The molecule has 1 aliphatic heterocycles. The number of benzene rings is 2. The van der Waals surface area contributed by atoms with Gasteiger partial charge in [-0.05, 0) is 42.5 Å². The van der Waals surface area contributed by atoms with Crippen molar-refractivity contribution in [1.82, 2.24) is 14.9 Å². The molecular formula is C20H18FN3O3. The van der Waals surface area contributed by atoms with Gasteiger partial charge in [0.25, 0.3) is 0 Å². The first-order valence-electron chi connectivity index (χ1n) is 8.70. The van der Waals surface area contributed by atoms with Crippen molar-refractivity contribution >= 4 is 17.0 Å². The van der Waals surface area contributed by atoms with E-state index < -0.39 is 5.97 Å². The highest BCUT2D eigenvalue weighted by molar-refractivity contribution is 5.92. The Morgan fingerprint density at radius 3 is 2.52 bits per heavy atom. The predicted molar refractivity (Wildman–Crippen MR) is 98.0 cm³/mol. The van der Waals surface area contributed by atoms with E-state index in [9.17, 15) is 14.3 Å². The number of carboxylic acid groups (broad SMARTS) is 1. The molecule has 1 N–H and O–H groups in total. The summed E-state index contributed by atoms with van der Waals surface area (Å²) >= 11 is 0. The molecule has 0 spiro atoms. The van der Waals surface area contributed by atoms with Gasteiger partial charge in [0.15, 0.2) is 0 Å². The minimum atomic E-state index is -1.01. The molecule has 1 aliphatic rings. The molecule has 2 heterocycles. The molecule has 27 heavy (non-hydrogen) atoms. The number of aromatic nitrogens is 2. The van der Waals surface area contributed by atoms with E-state index in [0.717, 1.165) is 24.3 Å². The Hall–Kier alpha value is -2.90. The van der Waals surface area contributed by atoms with Gasteiger partial charge in [0, 0.05) is 25.2 Å². The van der Waals surface area contributed by atoms with Gasteiger partial charge in [0.2, 0.25) is 0 Å². The average molecular weight is 367 g/mol. The molecule has 0 atom stereocenters. The molecule has 7 heteroatoms. The van der Waals surface area contributed by atoms with Crippen molar-refractivity contribution in [3.63, 3.8) is 0 Å². The molecule has 1 fully saturated rings. The number of fused-ring (bicyclic) bond motifs is 1. The van der Waals surface area contributed by atoms with Crippen molar-refractivity contribution in [2.45, 2.75) is 6.54 Å². The Bertz CT molecular complexity index is 986. The molecule has 138 valence electrons. The van der Waals surface area contributed by atoms with Crippen LogP contribution < -0.4 is 0 Å². The Kier molecular flexibility index (Phi) is 4.79. The summed E-state index contributed by atoms with van der Waals surface area (Å²) in [6, 6.07) is 10.8. The van der Waals surface area contributed by atoms with Gasteiger partial charge >= 0.3 is 5.97 Å². The quantitative estimate of drug-likeness (QED) is 0.764. The van der Waals surface area contributed by atoms with Crippen molar-refractivity contribution in [2.75, 3.05) is 26.3 Å². The smallest absolute Gasteiger partial charge is 0.335 e. The van der Waals surface area contributed by atoms with E-state index in [4.69, 9.17) is 9.72 Å². The van der Waals surface area contributed by atoms with Crippen LogP contribution in [-0.4, -0.2) is 52.2 Å². The number of nitrogens with zero attached hydrogens (tertiary/aromatic N) is 3. The predicted octanol–water partition coefficient (Wildman–Crippen LogP) is 2.97. The van der Waals surface area contributed by atoms with Crippen LogP contribution in [0.25, 0.3) is 22.3 Å². The first kappa shape index (κ1) is 17.5. The van der Waals surface area contributed by atoms with Crippen molar-refractivity contribution in [3.05, 3.63) is 59.5 Å². The summed E-state index contributed by atoms with van der Waals surface area (Å²) < 4.78 is 18.7. The molecule has 6 nitrogen and oxygen atoms in total. The lowest BCUT2D eigenvalue weighted by Gasteiger charge is -2.26. The number of hydrogen-bond acceptors (Lipinski definition) is 5. The standard InChI is InChI=1S/C20H18FN3O3/c21-15-4-1-13(2-5-15)19-18(12-24-7-9-27-10-8-24)22-16-6-3-14(20(25)26)11-17(16)23-19/h1-6,11H,7-10,12H2,(H,25,26). The van der Waals surface area contributed by atoms with Gasteiger partial charge in [-0.3, -0.25) is 4.90 Å². The molecule has 0 amide bonds. The SMILES string of the molecule is O=C(O)c1ccc2nc(CN3CCOCC3)c(-c3ccc(F)cc3)nc2c1. The maximum atomic E-state index is 13.3. The zero-order chi connectivity index (χ0) is 18.8. The molecule has 2 aromatic carbocycles. The third-order valence-corrected chi connectivity index (χ3v) is 4.58. The van der Waals surface area contributed by atoms with Crippen LogP contribution in [0.4, 0.5) is 4.39 Å². The highest BCUT2D eigenvalue weighted by atomic mass is 19.1. The average Bonchev–Trinajstić information content (AvgIpc) is 2.68. The number of morpholine rings is 1. The van der Waals surface area contributed by atoms with E-state index in [1.165, 1.54) is 24.3 Å². The van der Waals surface area contributed by atoms with Crippen molar-refractivity contribution in [3.8, 4) is 11.3 Å². The maximum absolute atomic E-state index is 13.3. The van der Waals surface area contributed by atoms with Crippen LogP contribution in [0.3, 0.4) is 0 Å². The minimum Gasteiger partial charge on any atom is -0.478 e. The molecule has 3 aromatic rings. The molecule has 0 unspecified atom stereocenters. The summed E-state index contributed by atoms with van der Waals surface area (Å²) in [5.74, 6) is -1.34. The largest absolute Gasteiger partial charge is 0.478 e. The van der Waals surface area contributed by atoms with Gasteiger partial charge in [-0.25, -0.2) is 19.2 Å². The van der Waals surface area contributed by atoms with Crippen LogP contribution in [-0.2, 0) is 11.3 Å². The van der Waals surface area contributed by atoms with Gasteiger partial charge in [-0.2, -0.15) is 0 Å². The Balaban J connectivity index is 1.82. The van der Waals surface area contributed by atoms with E-state index in [1.54, 1.807) is 18.2 Å². The minimum absolute atomic E-state index is 0.155. The van der Waals surface area contributed by atoms with Crippen LogP contribution in [0.5, 0.6) is 0 Å². The molecule has 0 aliphatic carbocycles. The van der Waals surface area contributed by atoms with E-state index in [0.29, 0.717) is 36.5 Å². The lowest BCUT2D eigenvalue weighted by Crippen LogP contribution is -2.36. The first-order chi connectivity index (χ1) is 13.1. The third-order valence-electron chi connectivity index (χ3n) is 4.58. The topological polar surface area (TPSA) is 75.5 Å². The fourth-order valence-corrected chi connectivity index (χ4v) is 3.14. The number of rotatable bonds is 4. The van der Waals surface area contributed by atoms with E-state index in [2.05, 4.69) is 9.88 Å². The summed E-state index contributed by atoms with van der Waals surface area (Å²) in [6.45, 7) is 3.56. The number of hydrogen-bond donors (Lipinski definition) is 1. The lowest BCUT2D eigenvalue weighted by atomic mass is 10.1. The number of carbonyl (C=O) groups is 1. The summed E-state index contributed by atoms with van der Waals surface area (Å²) in [4.78, 5) is 22.9. The van der Waals surface area contributed by atoms with Crippen LogP contribution in [0.15, 0.2) is 42.5 Å². The molecule has 0 radical (unpaired) electrons. The lowest BCUT2D eigenvalue weighted by molar-refractivity contribution is 0.0337. The molecule has 0 bridgehead atoms. The van der Waals surface area contributed by atoms with Crippen LogP contribution in [0.1, 0.15) is 16.1 Å². The molecule has 4 rings (SSSR count). The van der Waals surface area contributed by atoms with Crippen molar-refractivity contribution in [2.24, 2.45) is 0 Å². The monoisotopic (exact) mass is 367 g/mol. The molecule has 0 saturated carbocycles. The van der Waals surface area contributed by atoms with E-state index >= 15 is 0 Å². The maximum Gasteiger partial charge on any atom is 0.335 e. The van der Waals surface area contributed by atoms with Crippen LogP contribution in [0.2, 0.25) is 0 Å². The highest BCUT2D eigenvalue weighted by Gasteiger charge is 2.17. The zero-order valence-corrected chi connectivity index (χ0v) is 14.6. The van der Waals surface area contributed by atoms with Crippen molar-refractivity contribution < 1.29 is 19.0 Å². The summed E-state index contributed by atoms with van der Waals surface area (Å²) in [5, 5.41) is 9.22. The summed E-state index contributed by atoms with van der Waals surface area (Å²) in [6.07, 6.45) is 0. The second-order valence-corrected chi connectivity index (χ2v) is 6.42. The molecule has 1 saturated heterocycles. The van der Waals surface area contributed by atoms with E-state index in [1.807, 2.05) is 0 Å². The fourth-order valence-electron chi connectivity index (χ4n) is 3.14. The Labute approximate surface area is 155 Å². The zero-order valence-electron chi connectivity index (χ0n) is 14.6. The molecular weight excluding hydrogens is 349 g/mol. The van der Waals surface area contributed by atoms with Gasteiger partial charge in [0.1, 0.15) is 5.82 Å². The Morgan fingerprint density at radius 2 is 1.81 bits per heavy atom. The van der Waals surface area contributed by atoms with Crippen LogP contribution in [0, 0.1) is 5.82 Å². The number of halogens is 1. The number of ether oxygens (including phenoxy) is 1. The molecule has 1 aromatic heterocycles. The normalized spacial score (nSPS) is 15.1.